The number of hydrogen-bond acceptors (Lipinski definition) is 4. The van der Waals surface area contributed by atoms with E-state index in [1.165, 1.54) is 6.07 Å². The van der Waals surface area contributed by atoms with Gasteiger partial charge in [-0.15, -0.1) is 0 Å². The number of carbonyl (C=O) groups is 2. The lowest BCUT2D eigenvalue weighted by Gasteiger charge is -2.27. The average Bonchev–Trinajstić information content (AvgIpc) is 3.00. The molecule has 0 atom stereocenters. The van der Waals surface area contributed by atoms with Gasteiger partial charge in [0, 0.05) is 30.1 Å². The Hall–Kier alpha value is -2.44. The number of anilines is 1. The molecule has 4 rings (SSSR count). The highest BCUT2D eigenvalue weighted by molar-refractivity contribution is 6.33. The summed E-state index contributed by atoms with van der Waals surface area (Å²) < 4.78 is 11.3. The molecule has 0 saturated carbocycles. The molecule has 0 radical (unpaired) electrons. The van der Waals surface area contributed by atoms with Crippen molar-refractivity contribution in [3.8, 4) is 11.5 Å². The van der Waals surface area contributed by atoms with Gasteiger partial charge >= 0.3 is 0 Å². The van der Waals surface area contributed by atoms with Crippen molar-refractivity contribution in [3.63, 3.8) is 0 Å². The molecule has 30 heavy (non-hydrogen) atoms. The van der Waals surface area contributed by atoms with Gasteiger partial charge in [0.2, 0.25) is 0 Å². The number of halogens is 2. The lowest BCUT2D eigenvalue weighted by Crippen LogP contribution is -2.36. The van der Waals surface area contributed by atoms with Crippen LogP contribution in [0, 0.1) is 0 Å². The number of fused-ring (bicyclic) bond motifs is 1. The smallest absolute Gasteiger partial charge is 0.255 e. The van der Waals surface area contributed by atoms with Gasteiger partial charge in [0.1, 0.15) is 0 Å². The second-order valence-corrected chi connectivity index (χ2v) is 8.18. The number of nitrogens with zero attached hydrogens (tertiary/aromatic N) is 1. The molecule has 1 saturated heterocycles. The SMILES string of the molecule is O=C(Nc1cc(Cl)ccc1C(=O)N1CCCCC1)c1cc(Cl)c2c(c1)OCCCO2. The van der Waals surface area contributed by atoms with Crippen LogP contribution in [-0.2, 0) is 0 Å². The summed E-state index contributed by atoms with van der Waals surface area (Å²) in [7, 11) is 0. The van der Waals surface area contributed by atoms with Crippen molar-refractivity contribution in [2.75, 3.05) is 31.6 Å². The Morgan fingerprint density at radius 2 is 1.70 bits per heavy atom. The number of likely N-dealkylation sites (tertiary alicyclic amines) is 1. The molecule has 2 aliphatic rings. The fraction of sp³-hybridized carbons (Fsp3) is 0.364. The monoisotopic (exact) mass is 448 g/mol. The minimum atomic E-state index is -0.414. The maximum atomic E-state index is 13.0. The molecule has 1 N–H and O–H groups in total. The van der Waals surface area contributed by atoms with Gasteiger partial charge < -0.3 is 19.7 Å². The predicted octanol–water partition coefficient (Wildman–Crippen LogP) is 5.03. The lowest BCUT2D eigenvalue weighted by molar-refractivity contribution is 0.0725. The molecule has 8 heteroatoms. The van der Waals surface area contributed by atoms with Gasteiger partial charge in [0.25, 0.3) is 11.8 Å². The van der Waals surface area contributed by atoms with E-state index in [1.54, 1.807) is 24.3 Å². The van der Waals surface area contributed by atoms with Crippen LogP contribution in [0.4, 0.5) is 5.69 Å². The molecule has 2 aliphatic heterocycles. The van der Waals surface area contributed by atoms with Gasteiger partial charge in [0.15, 0.2) is 11.5 Å². The molecule has 2 heterocycles. The van der Waals surface area contributed by atoms with Crippen molar-refractivity contribution >= 4 is 40.7 Å². The highest BCUT2D eigenvalue weighted by Crippen LogP contribution is 2.38. The van der Waals surface area contributed by atoms with E-state index in [2.05, 4.69) is 5.32 Å². The van der Waals surface area contributed by atoms with Crippen LogP contribution in [0.15, 0.2) is 30.3 Å². The number of nitrogens with one attached hydrogen (secondary N) is 1. The Balaban J connectivity index is 1.60. The Labute approximate surface area is 185 Å². The number of amides is 2. The summed E-state index contributed by atoms with van der Waals surface area (Å²) in [6.45, 7) is 2.42. The Kier molecular flexibility index (Phi) is 6.35. The van der Waals surface area contributed by atoms with Gasteiger partial charge in [-0.25, -0.2) is 0 Å². The van der Waals surface area contributed by atoms with Crippen molar-refractivity contribution in [2.24, 2.45) is 0 Å². The largest absolute Gasteiger partial charge is 0.489 e. The highest BCUT2D eigenvalue weighted by Gasteiger charge is 2.23. The van der Waals surface area contributed by atoms with Crippen LogP contribution in [-0.4, -0.2) is 43.0 Å². The first-order valence-corrected chi connectivity index (χ1v) is 10.8. The molecular weight excluding hydrogens is 427 g/mol. The van der Waals surface area contributed by atoms with E-state index < -0.39 is 5.91 Å². The second-order valence-electron chi connectivity index (χ2n) is 7.33. The quantitative estimate of drug-likeness (QED) is 0.714. The Morgan fingerprint density at radius 1 is 0.933 bits per heavy atom. The van der Waals surface area contributed by atoms with Crippen LogP contribution in [0.3, 0.4) is 0 Å². The van der Waals surface area contributed by atoms with Gasteiger partial charge in [-0.1, -0.05) is 23.2 Å². The fourth-order valence-corrected chi connectivity index (χ4v) is 4.07. The van der Waals surface area contributed by atoms with E-state index >= 15 is 0 Å². The zero-order valence-corrected chi connectivity index (χ0v) is 17.9. The topological polar surface area (TPSA) is 67.9 Å². The Bertz CT molecular complexity index is 974. The first kappa shape index (κ1) is 20.8. The van der Waals surface area contributed by atoms with E-state index in [1.807, 2.05) is 4.90 Å². The van der Waals surface area contributed by atoms with Gasteiger partial charge in [0.05, 0.1) is 29.5 Å². The molecule has 0 unspecified atom stereocenters. The fourth-order valence-electron chi connectivity index (χ4n) is 3.63. The second kappa shape index (κ2) is 9.14. The third kappa shape index (κ3) is 4.50. The summed E-state index contributed by atoms with van der Waals surface area (Å²) in [6.07, 6.45) is 3.82. The zero-order chi connectivity index (χ0) is 21.1. The van der Waals surface area contributed by atoms with Gasteiger partial charge in [-0.3, -0.25) is 9.59 Å². The summed E-state index contributed by atoms with van der Waals surface area (Å²) in [5.74, 6) is 0.344. The van der Waals surface area contributed by atoms with Crippen LogP contribution < -0.4 is 14.8 Å². The van der Waals surface area contributed by atoms with Crippen molar-refractivity contribution in [3.05, 3.63) is 51.5 Å². The Morgan fingerprint density at radius 3 is 2.50 bits per heavy atom. The number of rotatable bonds is 3. The molecule has 0 spiro atoms. The summed E-state index contributed by atoms with van der Waals surface area (Å²) in [5.41, 5.74) is 1.09. The molecule has 2 aromatic carbocycles. The lowest BCUT2D eigenvalue weighted by atomic mass is 10.1. The van der Waals surface area contributed by atoms with Crippen LogP contribution in [0.5, 0.6) is 11.5 Å². The van der Waals surface area contributed by atoms with Gasteiger partial charge in [-0.2, -0.15) is 0 Å². The van der Waals surface area contributed by atoms with Crippen LogP contribution in [0.1, 0.15) is 46.4 Å². The van der Waals surface area contributed by atoms with E-state index in [4.69, 9.17) is 32.7 Å². The third-order valence-electron chi connectivity index (χ3n) is 5.17. The first-order chi connectivity index (χ1) is 14.5. The zero-order valence-electron chi connectivity index (χ0n) is 16.4. The van der Waals surface area contributed by atoms with E-state index in [0.717, 1.165) is 25.7 Å². The molecule has 1 fully saturated rings. The summed E-state index contributed by atoms with van der Waals surface area (Å²) in [6, 6.07) is 8.01. The summed E-state index contributed by atoms with van der Waals surface area (Å²) in [5, 5.41) is 3.54. The molecule has 0 aromatic heterocycles. The summed E-state index contributed by atoms with van der Waals surface area (Å²) >= 11 is 12.4. The highest BCUT2D eigenvalue weighted by atomic mass is 35.5. The van der Waals surface area contributed by atoms with Crippen molar-refractivity contribution < 1.29 is 19.1 Å². The minimum Gasteiger partial charge on any atom is -0.489 e. The van der Waals surface area contributed by atoms with Crippen LogP contribution in [0.25, 0.3) is 0 Å². The summed E-state index contributed by atoms with van der Waals surface area (Å²) in [4.78, 5) is 27.8. The van der Waals surface area contributed by atoms with Crippen molar-refractivity contribution in [1.29, 1.82) is 0 Å². The number of ether oxygens (including phenoxy) is 2. The van der Waals surface area contributed by atoms with E-state index in [-0.39, 0.29) is 5.91 Å². The number of hydrogen-bond donors (Lipinski definition) is 1. The minimum absolute atomic E-state index is 0.113. The molecular formula is C22H22Cl2N2O4. The van der Waals surface area contributed by atoms with E-state index in [9.17, 15) is 9.59 Å². The maximum Gasteiger partial charge on any atom is 0.255 e. The molecule has 0 aliphatic carbocycles. The average molecular weight is 449 g/mol. The molecule has 158 valence electrons. The molecule has 2 aromatic rings. The van der Waals surface area contributed by atoms with Crippen LogP contribution in [0.2, 0.25) is 10.0 Å². The van der Waals surface area contributed by atoms with Crippen molar-refractivity contribution in [2.45, 2.75) is 25.7 Å². The van der Waals surface area contributed by atoms with E-state index in [0.29, 0.717) is 64.7 Å². The number of carbonyl (C=O) groups excluding carboxylic acids is 2. The number of piperidine rings is 1. The maximum absolute atomic E-state index is 13.0. The normalized spacial score (nSPS) is 16.0. The molecule has 2 amide bonds. The first-order valence-electron chi connectivity index (χ1n) is 10.0. The molecule has 0 bridgehead atoms. The van der Waals surface area contributed by atoms with Gasteiger partial charge in [-0.05, 0) is 49.6 Å². The predicted molar refractivity (Wildman–Crippen MR) is 116 cm³/mol. The number of benzene rings is 2. The molecule has 6 nitrogen and oxygen atoms in total. The van der Waals surface area contributed by atoms with Crippen molar-refractivity contribution in [1.82, 2.24) is 4.90 Å². The van der Waals surface area contributed by atoms with Crippen LogP contribution >= 0.6 is 23.2 Å². The standard InChI is InChI=1S/C22H22Cl2N2O4/c23-15-5-6-16(22(28)26-7-2-1-3-8-26)18(13-15)25-21(27)14-11-17(24)20-19(12-14)29-9-4-10-30-20/h5-6,11-13H,1-4,7-10H2,(H,25,27). The third-order valence-corrected chi connectivity index (χ3v) is 5.68.